The molecule has 3 aromatic heterocycles. The van der Waals surface area contributed by atoms with Gasteiger partial charge in [0.1, 0.15) is 11.4 Å². The third-order valence-corrected chi connectivity index (χ3v) is 7.32. The van der Waals surface area contributed by atoms with E-state index in [0.717, 1.165) is 54.1 Å². The highest BCUT2D eigenvalue weighted by atomic mass is 16.5. The quantitative estimate of drug-likeness (QED) is 0.472. The van der Waals surface area contributed by atoms with Crippen LogP contribution in [0.5, 0.6) is 0 Å². The second-order valence-electron chi connectivity index (χ2n) is 10.0. The molecule has 0 amide bonds. The molecule has 1 atom stereocenters. The van der Waals surface area contributed by atoms with Crippen molar-refractivity contribution in [3.05, 3.63) is 36.3 Å². The molecule has 0 radical (unpaired) electrons. The Balaban J connectivity index is 1.53. The first-order valence-corrected chi connectivity index (χ1v) is 13.1. The van der Waals surface area contributed by atoms with Crippen LogP contribution in [-0.4, -0.2) is 76.4 Å². The first-order chi connectivity index (χ1) is 18.0. The molecule has 1 saturated carbocycles. The summed E-state index contributed by atoms with van der Waals surface area (Å²) < 4.78 is 12.8. The van der Waals surface area contributed by atoms with Crippen LogP contribution in [0, 0.1) is 11.8 Å². The number of hydrogen-bond donors (Lipinski definition) is 2. The highest BCUT2D eigenvalue weighted by molar-refractivity contribution is 5.82. The van der Waals surface area contributed by atoms with Gasteiger partial charge in [-0.2, -0.15) is 0 Å². The molecule has 0 aromatic carbocycles. The minimum atomic E-state index is -0.892. The van der Waals surface area contributed by atoms with Crippen molar-refractivity contribution in [3.8, 4) is 23.0 Å². The molecular weight excluding hydrogens is 468 g/mol. The number of fused-ring (bicyclic) bond motifs is 1. The van der Waals surface area contributed by atoms with Crippen molar-refractivity contribution < 1.29 is 14.6 Å². The predicted octanol–water partition coefficient (Wildman–Crippen LogP) is 3.49. The highest BCUT2D eigenvalue weighted by Crippen LogP contribution is 2.41. The smallest absolute Gasteiger partial charge is 0.241 e. The van der Waals surface area contributed by atoms with Gasteiger partial charge >= 0.3 is 0 Å². The third kappa shape index (κ3) is 5.57. The molecule has 1 aliphatic heterocycles. The fourth-order valence-corrected chi connectivity index (χ4v) is 5.42. The van der Waals surface area contributed by atoms with Gasteiger partial charge in [0, 0.05) is 49.6 Å². The summed E-state index contributed by atoms with van der Waals surface area (Å²) in [5, 5.41) is 19.1. The maximum absolute atomic E-state index is 10.8. The number of nitrogens with zero attached hydrogens (tertiary/aromatic N) is 5. The largest absolute Gasteiger partial charge is 0.383 e. The zero-order valence-corrected chi connectivity index (χ0v) is 21.9. The van der Waals surface area contributed by atoms with E-state index in [0.29, 0.717) is 38.6 Å². The van der Waals surface area contributed by atoms with E-state index in [2.05, 4.69) is 44.2 Å². The summed E-state index contributed by atoms with van der Waals surface area (Å²) in [5.41, 5.74) is 3.36. The second kappa shape index (κ2) is 11.1. The number of anilines is 2. The van der Waals surface area contributed by atoms with Crippen LogP contribution in [0.2, 0.25) is 0 Å². The van der Waals surface area contributed by atoms with E-state index in [9.17, 15) is 5.11 Å². The maximum atomic E-state index is 10.8. The Bertz CT molecular complexity index is 1280. The topological polar surface area (TPSA) is 97.0 Å². The summed E-state index contributed by atoms with van der Waals surface area (Å²) >= 11 is 0. The summed E-state index contributed by atoms with van der Waals surface area (Å²) in [4.78, 5) is 11.5. The van der Waals surface area contributed by atoms with Crippen LogP contribution in [0.3, 0.4) is 0 Å². The molecule has 2 N–H and O–H groups in total. The Labute approximate surface area is 218 Å². The van der Waals surface area contributed by atoms with Crippen molar-refractivity contribution in [1.29, 1.82) is 0 Å². The van der Waals surface area contributed by atoms with Crippen molar-refractivity contribution in [3.63, 3.8) is 0 Å². The molecule has 0 unspecified atom stereocenters. The van der Waals surface area contributed by atoms with Gasteiger partial charge in [0.15, 0.2) is 0 Å². The average Bonchev–Trinajstić information content (AvgIpc) is 3.29. The molecule has 1 saturated heterocycles. The molecule has 1 aliphatic carbocycles. The van der Waals surface area contributed by atoms with E-state index in [1.807, 2.05) is 29.9 Å². The highest BCUT2D eigenvalue weighted by Gasteiger charge is 2.34. The van der Waals surface area contributed by atoms with Crippen molar-refractivity contribution in [2.24, 2.45) is 0 Å². The van der Waals surface area contributed by atoms with Gasteiger partial charge in [-0.15, -0.1) is 11.0 Å². The van der Waals surface area contributed by atoms with Crippen molar-refractivity contribution in [2.75, 3.05) is 50.2 Å². The van der Waals surface area contributed by atoms with E-state index in [4.69, 9.17) is 14.6 Å². The lowest BCUT2D eigenvalue weighted by molar-refractivity contribution is 0.0542. The van der Waals surface area contributed by atoms with Crippen LogP contribution in [-0.2, 0) is 9.47 Å². The fourth-order valence-electron chi connectivity index (χ4n) is 5.42. The summed E-state index contributed by atoms with van der Waals surface area (Å²) in [5.74, 6) is 7.69. The van der Waals surface area contributed by atoms with E-state index < -0.39 is 5.60 Å². The molecule has 9 nitrogen and oxygen atoms in total. The van der Waals surface area contributed by atoms with Crippen molar-refractivity contribution in [2.45, 2.75) is 57.1 Å². The minimum absolute atomic E-state index is 0.0783. The molecular formula is C28H36N6O3. The van der Waals surface area contributed by atoms with Gasteiger partial charge in [0.05, 0.1) is 31.5 Å². The molecule has 3 aromatic rings. The normalized spacial score (nSPS) is 22.9. The number of aromatic nitrogens is 4. The Morgan fingerprint density at radius 2 is 2.03 bits per heavy atom. The van der Waals surface area contributed by atoms with Crippen LogP contribution in [0.1, 0.15) is 51.1 Å². The van der Waals surface area contributed by atoms with Crippen LogP contribution in [0.15, 0.2) is 30.6 Å². The number of hydrogen-bond acceptors (Lipinski definition) is 8. The van der Waals surface area contributed by atoms with Crippen LogP contribution >= 0.6 is 0 Å². The summed E-state index contributed by atoms with van der Waals surface area (Å²) in [6.45, 7) is 7.49. The standard InChI is InChI=1S/C28H36N6O3/c1-4-8-28(35)9-5-21(6-10-28)24-17-23(22-7-11-29-26(16-22)33-12-14-37-15-13-33)25-18-30-27(32-34(24)25)31-20(2)19-36-3/h7,11,16-18,20-21,35H,5-6,9-10,12-15,19H2,1-3H3,(H,31,32)/t20-,21?,28?/m0/s1. The molecule has 5 rings (SSSR count). The zero-order valence-electron chi connectivity index (χ0n) is 21.9. The van der Waals surface area contributed by atoms with Gasteiger partial charge in [0.2, 0.25) is 5.95 Å². The van der Waals surface area contributed by atoms with E-state index in [1.165, 1.54) is 0 Å². The number of methoxy groups -OCH3 is 1. The van der Waals surface area contributed by atoms with Crippen LogP contribution in [0.4, 0.5) is 11.8 Å². The van der Waals surface area contributed by atoms with Crippen molar-refractivity contribution >= 4 is 17.3 Å². The Morgan fingerprint density at radius 3 is 2.76 bits per heavy atom. The van der Waals surface area contributed by atoms with Crippen molar-refractivity contribution in [1.82, 2.24) is 19.6 Å². The van der Waals surface area contributed by atoms with Gasteiger partial charge in [-0.05, 0) is 63.3 Å². The van der Waals surface area contributed by atoms with Crippen LogP contribution in [0.25, 0.3) is 16.6 Å². The lowest BCUT2D eigenvalue weighted by Gasteiger charge is -2.32. The Kier molecular flexibility index (Phi) is 7.60. The fraction of sp³-hybridized carbons (Fsp3) is 0.536. The van der Waals surface area contributed by atoms with E-state index in [-0.39, 0.29) is 12.0 Å². The number of rotatable bonds is 7. The molecule has 196 valence electrons. The molecule has 0 spiro atoms. The molecule has 2 fully saturated rings. The SMILES string of the molecule is CC#CC1(O)CCC(c2cc(-c3ccnc(N4CCOCC4)c3)c3cnc(N[C@@H](C)COC)nn23)CC1. The first-order valence-electron chi connectivity index (χ1n) is 13.1. The van der Waals surface area contributed by atoms with Crippen LogP contribution < -0.4 is 10.2 Å². The molecule has 37 heavy (non-hydrogen) atoms. The number of nitrogens with one attached hydrogen (secondary N) is 1. The first kappa shape index (κ1) is 25.5. The minimum Gasteiger partial charge on any atom is -0.383 e. The van der Waals surface area contributed by atoms with Gasteiger partial charge in [-0.1, -0.05) is 5.92 Å². The molecule has 2 aliphatic rings. The summed E-state index contributed by atoms with van der Waals surface area (Å²) in [6.07, 6.45) is 6.76. The van der Waals surface area contributed by atoms with E-state index >= 15 is 0 Å². The Morgan fingerprint density at radius 1 is 1.24 bits per heavy atom. The van der Waals surface area contributed by atoms with E-state index in [1.54, 1.807) is 14.0 Å². The Hall–Kier alpha value is -3.19. The van der Waals surface area contributed by atoms with Gasteiger partial charge in [0.25, 0.3) is 0 Å². The lowest BCUT2D eigenvalue weighted by Crippen LogP contribution is -2.36. The summed E-state index contributed by atoms with van der Waals surface area (Å²) in [6, 6.07) is 6.51. The number of aliphatic hydroxyl groups is 1. The number of pyridine rings is 1. The van der Waals surface area contributed by atoms with Gasteiger partial charge < -0.3 is 24.8 Å². The lowest BCUT2D eigenvalue weighted by atomic mass is 9.78. The molecule has 9 heteroatoms. The van der Waals surface area contributed by atoms with Gasteiger partial charge in [-0.25, -0.2) is 14.5 Å². The molecule has 4 heterocycles. The average molecular weight is 505 g/mol. The molecule has 0 bridgehead atoms. The zero-order chi connectivity index (χ0) is 25.8. The number of morpholine rings is 1. The monoisotopic (exact) mass is 504 g/mol. The predicted molar refractivity (Wildman–Crippen MR) is 144 cm³/mol. The maximum Gasteiger partial charge on any atom is 0.241 e. The summed E-state index contributed by atoms with van der Waals surface area (Å²) in [7, 11) is 1.69. The third-order valence-electron chi connectivity index (χ3n) is 7.32. The van der Waals surface area contributed by atoms with Gasteiger partial charge in [-0.3, -0.25) is 0 Å². The number of ether oxygens (including phenoxy) is 2. The second-order valence-corrected chi connectivity index (χ2v) is 10.0.